The van der Waals surface area contributed by atoms with Crippen LogP contribution in [0.3, 0.4) is 0 Å². The highest BCUT2D eigenvalue weighted by Gasteiger charge is 2.41. The highest BCUT2D eigenvalue weighted by molar-refractivity contribution is 6.37. The zero-order valence-corrected chi connectivity index (χ0v) is 31.1. The van der Waals surface area contributed by atoms with Crippen LogP contribution in [-0.4, -0.2) is 61.8 Å². The number of hydrazine groups is 2. The number of para-hydroxylation sites is 3. The molecule has 1 aliphatic carbocycles. The molecule has 1 aliphatic heterocycles. The van der Waals surface area contributed by atoms with Crippen molar-refractivity contribution < 1.29 is 29.4 Å². The Morgan fingerprint density at radius 2 is 1.09 bits per heavy atom. The van der Waals surface area contributed by atoms with Crippen LogP contribution in [0.25, 0.3) is 16.7 Å². The minimum absolute atomic E-state index is 0.129. The fourth-order valence-corrected chi connectivity index (χ4v) is 6.93. The van der Waals surface area contributed by atoms with Crippen LogP contribution in [0.4, 0.5) is 11.4 Å². The number of aliphatic carboxylic acids is 2. The van der Waals surface area contributed by atoms with Gasteiger partial charge in [0.05, 0.1) is 16.9 Å². The highest BCUT2D eigenvalue weighted by atomic mass is 16.4. The lowest BCUT2D eigenvalue weighted by molar-refractivity contribution is -0.138. The molecule has 0 unspecified atom stereocenters. The quantitative estimate of drug-likeness (QED) is 0.0377. The summed E-state index contributed by atoms with van der Waals surface area (Å²) in [6.45, 7) is 0.980. The van der Waals surface area contributed by atoms with Crippen LogP contribution in [0.1, 0.15) is 116 Å². The molecule has 3 aromatic rings. The topological polar surface area (TPSA) is 191 Å². The van der Waals surface area contributed by atoms with Gasteiger partial charge in [0.15, 0.2) is 0 Å². The maximum absolute atomic E-state index is 14.8. The Hall–Kier alpha value is -5.24. The molecule has 290 valence electrons. The van der Waals surface area contributed by atoms with E-state index in [1.165, 1.54) is 4.68 Å². The van der Waals surface area contributed by atoms with Gasteiger partial charge in [-0.15, -0.1) is 10.6 Å². The van der Waals surface area contributed by atoms with E-state index in [2.05, 4.69) is 31.9 Å². The lowest BCUT2D eigenvalue weighted by Gasteiger charge is -2.30. The number of Topliss-reactive ketones (excluding diaryl/α,β-unsaturated/α-hetero) is 2. The van der Waals surface area contributed by atoms with Crippen molar-refractivity contribution in [1.29, 1.82) is 0 Å². The summed E-state index contributed by atoms with van der Waals surface area (Å²) in [5.74, 6) is -2.20. The first kappa shape index (κ1) is 40.0. The van der Waals surface area contributed by atoms with Crippen molar-refractivity contribution in [3.8, 4) is 0 Å². The molecule has 1 aromatic heterocycles. The maximum atomic E-state index is 14.8. The molecule has 5 rings (SSSR count). The number of unbranched alkanes of at least 4 members (excludes halogenated alkanes) is 14. The van der Waals surface area contributed by atoms with E-state index in [0.717, 1.165) is 95.6 Å². The standard InChI is InChI=1S/C40H54N8O6/c49-33(50)25-13-9-5-1-3-7-11-19-27-41-35-37(47-31-23-17-15-21-29(31)43-45-47)40(54)36(42-28-20-12-8-4-2-6-10-14-26-34(51)52)38(39(35)53)48-32-24-18-16-22-30(32)44-46-48/h15-18,21-24,41-43,45H,1-14,19-20,25-28H2,(H,49,50)(H,51,52). The molecule has 0 radical (unpaired) electrons. The number of carboxylic acid groups (broad SMARTS) is 2. The van der Waals surface area contributed by atoms with Gasteiger partial charge in [-0.2, -0.15) is 0 Å². The number of rotatable bonds is 26. The molecular weight excluding hydrogens is 688 g/mol. The molecule has 2 aliphatic rings. The lowest BCUT2D eigenvalue weighted by Crippen LogP contribution is -2.47. The van der Waals surface area contributed by atoms with E-state index in [4.69, 9.17) is 10.2 Å². The molecule has 0 fully saturated rings. The first-order valence-electron chi connectivity index (χ1n) is 19.6. The number of carbonyl (C=O) groups excluding carboxylic acids is 2. The van der Waals surface area contributed by atoms with E-state index in [1.807, 2.05) is 48.5 Å². The second kappa shape index (κ2) is 20.9. The summed E-state index contributed by atoms with van der Waals surface area (Å²) in [5.41, 5.74) is 9.62. The van der Waals surface area contributed by atoms with Gasteiger partial charge in [-0.25, -0.2) is 4.68 Å². The Balaban J connectivity index is 1.28. The summed E-state index contributed by atoms with van der Waals surface area (Å²) in [7, 11) is 0. The third-order valence-electron chi connectivity index (χ3n) is 9.83. The van der Waals surface area contributed by atoms with E-state index in [0.29, 0.717) is 42.7 Å². The summed E-state index contributed by atoms with van der Waals surface area (Å²) < 4.78 is 1.47. The van der Waals surface area contributed by atoms with Gasteiger partial charge in [0.2, 0.25) is 11.6 Å². The van der Waals surface area contributed by atoms with Gasteiger partial charge in [0.25, 0.3) is 0 Å². The van der Waals surface area contributed by atoms with Crippen LogP contribution < -0.4 is 26.6 Å². The molecule has 14 nitrogen and oxygen atoms in total. The second-order valence-corrected chi connectivity index (χ2v) is 14.0. The first-order valence-corrected chi connectivity index (χ1v) is 19.6. The minimum Gasteiger partial charge on any atom is -0.481 e. The van der Waals surface area contributed by atoms with Crippen molar-refractivity contribution in [2.45, 2.75) is 116 Å². The smallest absolute Gasteiger partial charge is 0.303 e. The summed E-state index contributed by atoms with van der Waals surface area (Å²) in [6.07, 6.45) is 15.6. The number of carbonyl (C=O) groups is 4. The molecule has 0 atom stereocenters. The number of aromatic nitrogens is 3. The maximum Gasteiger partial charge on any atom is 0.303 e. The molecule has 6 N–H and O–H groups in total. The van der Waals surface area contributed by atoms with Crippen molar-refractivity contribution in [1.82, 2.24) is 31.2 Å². The zero-order chi connectivity index (χ0) is 38.1. The summed E-state index contributed by atoms with van der Waals surface area (Å²) in [5, 5.41) is 34.6. The first-order chi connectivity index (χ1) is 26.4. The van der Waals surface area contributed by atoms with Crippen molar-refractivity contribution in [3.63, 3.8) is 0 Å². The Bertz CT molecular complexity index is 1820. The second-order valence-electron chi connectivity index (χ2n) is 14.0. The number of hydrogen-bond donors (Lipinski definition) is 6. The Morgan fingerprint density at radius 1 is 0.611 bits per heavy atom. The number of allylic oxidation sites excluding steroid dienone is 1. The van der Waals surface area contributed by atoms with Crippen molar-refractivity contribution in [2.24, 2.45) is 0 Å². The summed E-state index contributed by atoms with van der Waals surface area (Å²) in [4.78, 5) is 51.0. The molecule has 2 aromatic carbocycles. The highest BCUT2D eigenvalue weighted by Crippen LogP contribution is 2.36. The van der Waals surface area contributed by atoms with Crippen LogP contribution >= 0.6 is 0 Å². The van der Waals surface area contributed by atoms with Gasteiger partial charge < -0.3 is 26.3 Å². The third-order valence-corrected chi connectivity index (χ3v) is 9.83. The van der Waals surface area contributed by atoms with Crippen LogP contribution in [0, 0.1) is 0 Å². The number of anilines is 2. The molecule has 14 heteroatoms. The Kier molecular flexibility index (Phi) is 15.4. The van der Waals surface area contributed by atoms with E-state index in [9.17, 15) is 19.2 Å². The number of ketones is 2. The molecule has 2 heterocycles. The zero-order valence-electron chi connectivity index (χ0n) is 31.1. The van der Waals surface area contributed by atoms with Gasteiger partial charge in [-0.05, 0) is 49.9 Å². The molecule has 0 spiro atoms. The monoisotopic (exact) mass is 742 g/mol. The van der Waals surface area contributed by atoms with E-state index in [1.54, 1.807) is 5.01 Å². The van der Waals surface area contributed by atoms with E-state index in [-0.39, 0.29) is 47.2 Å². The largest absolute Gasteiger partial charge is 0.481 e. The molecule has 54 heavy (non-hydrogen) atoms. The van der Waals surface area contributed by atoms with Crippen molar-refractivity contribution in [3.05, 3.63) is 65.6 Å². The molecule has 0 saturated carbocycles. The molecule has 0 amide bonds. The Labute approximate surface area is 316 Å². The van der Waals surface area contributed by atoms with Crippen LogP contribution in [-0.2, 0) is 19.2 Å². The average molecular weight is 743 g/mol. The van der Waals surface area contributed by atoms with Gasteiger partial charge in [-0.1, -0.05) is 107 Å². The van der Waals surface area contributed by atoms with E-state index < -0.39 is 11.9 Å². The van der Waals surface area contributed by atoms with E-state index >= 15 is 0 Å². The van der Waals surface area contributed by atoms with Gasteiger partial charge in [0, 0.05) is 25.9 Å². The molecule has 0 bridgehead atoms. The number of benzene rings is 2. The molecular formula is C40H54N8O6. The fraction of sp³-hybridized carbons (Fsp3) is 0.500. The van der Waals surface area contributed by atoms with Crippen LogP contribution in [0.2, 0.25) is 0 Å². The van der Waals surface area contributed by atoms with Crippen molar-refractivity contribution >= 4 is 51.6 Å². The van der Waals surface area contributed by atoms with Crippen LogP contribution in [0.5, 0.6) is 0 Å². The average Bonchev–Trinajstić information content (AvgIpc) is 3.79. The SMILES string of the molecule is O=C(O)CCCCCCCCCCNC1=C(N2NNc3ccccc32)C(=O)C(NCCCCCCCCCCC(=O)O)=C(n2nnc3ccccc32)C1=O. The molecule has 0 saturated heterocycles. The number of hydrogen-bond acceptors (Lipinski definition) is 11. The predicted molar refractivity (Wildman–Crippen MR) is 208 cm³/mol. The number of nitrogens with one attached hydrogen (secondary N) is 4. The minimum atomic E-state index is -0.744. The van der Waals surface area contributed by atoms with Crippen LogP contribution in [0.15, 0.2) is 65.6 Å². The van der Waals surface area contributed by atoms with Gasteiger partial charge >= 0.3 is 11.9 Å². The summed E-state index contributed by atoms with van der Waals surface area (Å²) >= 11 is 0. The number of carboxylic acids is 2. The normalized spacial score (nSPS) is 14.2. The third kappa shape index (κ3) is 10.9. The predicted octanol–water partition coefficient (Wildman–Crippen LogP) is 6.69. The van der Waals surface area contributed by atoms with Crippen molar-refractivity contribution in [2.75, 3.05) is 23.5 Å². The lowest BCUT2D eigenvalue weighted by atomic mass is 9.97. The van der Waals surface area contributed by atoms with Gasteiger partial charge in [0.1, 0.15) is 28.3 Å². The Morgan fingerprint density at radius 3 is 1.69 bits per heavy atom. The fourth-order valence-electron chi connectivity index (χ4n) is 6.93. The summed E-state index contributed by atoms with van der Waals surface area (Å²) in [6, 6.07) is 14.9. The number of nitrogens with zero attached hydrogens (tertiary/aromatic N) is 4. The van der Waals surface area contributed by atoms with Gasteiger partial charge in [-0.3, -0.25) is 24.2 Å². The number of fused-ring (bicyclic) bond motifs is 2.